The van der Waals surface area contributed by atoms with Crippen LogP contribution in [-0.4, -0.2) is 36.4 Å². The molecule has 1 spiro atoms. The monoisotopic (exact) mass is 618 g/mol. The number of Topliss-reactive ketones (excluding diaryl/α,β-unsaturated/α-hetero) is 2. The van der Waals surface area contributed by atoms with E-state index in [-0.39, 0.29) is 24.3 Å². The number of hydrogen-bond donors (Lipinski definition) is 1. The fraction of sp³-hybridized carbons (Fsp3) is 0.147. The van der Waals surface area contributed by atoms with Crippen molar-refractivity contribution in [3.05, 3.63) is 124 Å². The van der Waals surface area contributed by atoms with Gasteiger partial charge in [-0.2, -0.15) is 0 Å². The SMILES string of the molecule is O=C(c1ccc(Br)cc1)[C@@H]1N2c3ccccc3C=C[C@H]2[C@H](C(=O)c2ccc3c(c2)OCO3)[C@]12C(=O)Nc1ccccc12. The van der Waals surface area contributed by atoms with E-state index in [9.17, 15) is 14.4 Å². The zero-order valence-corrected chi connectivity index (χ0v) is 23.7. The van der Waals surface area contributed by atoms with Gasteiger partial charge in [0, 0.05) is 27.0 Å². The van der Waals surface area contributed by atoms with Gasteiger partial charge < -0.3 is 19.7 Å². The molecule has 7 nitrogen and oxygen atoms in total. The fourth-order valence-electron chi connectivity index (χ4n) is 7.14. The molecule has 4 aliphatic rings. The maximum Gasteiger partial charge on any atom is 0.238 e. The second-order valence-electron chi connectivity index (χ2n) is 10.9. The molecule has 4 aromatic carbocycles. The van der Waals surface area contributed by atoms with Crippen LogP contribution in [0.5, 0.6) is 11.5 Å². The molecule has 206 valence electrons. The number of hydrogen-bond acceptors (Lipinski definition) is 6. The lowest BCUT2D eigenvalue weighted by Crippen LogP contribution is -2.55. The molecule has 0 bridgehead atoms. The van der Waals surface area contributed by atoms with Crippen LogP contribution in [0.15, 0.2) is 102 Å². The summed E-state index contributed by atoms with van der Waals surface area (Å²) >= 11 is 3.46. The Hall–Kier alpha value is -4.69. The van der Waals surface area contributed by atoms with Crippen LogP contribution in [-0.2, 0) is 10.2 Å². The number of halogens is 1. The molecule has 0 aromatic heterocycles. The van der Waals surface area contributed by atoms with Gasteiger partial charge in [0.05, 0.1) is 12.0 Å². The van der Waals surface area contributed by atoms with Crippen molar-refractivity contribution >= 4 is 50.9 Å². The van der Waals surface area contributed by atoms with E-state index in [2.05, 4.69) is 21.2 Å². The minimum Gasteiger partial charge on any atom is -0.454 e. The molecule has 4 aliphatic heterocycles. The minimum atomic E-state index is -1.51. The van der Waals surface area contributed by atoms with E-state index in [4.69, 9.17) is 9.47 Å². The number of fused-ring (bicyclic) bond motifs is 6. The highest BCUT2D eigenvalue weighted by molar-refractivity contribution is 9.10. The van der Waals surface area contributed by atoms with Gasteiger partial charge in [0.2, 0.25) is 12.7 Å². The van der Waals surface area contributed by atoms with E-state index >= 15 is 0 Å². The van der Waals surface area contributed by atoms with Crippen molar-refractivity contribution in [3.63, 3.8) is 0 Å². The number of carbonyl (C=O) groups excluding carboxylic acids is 3. The lowest BCUT2D eigenvalue weighted by Gasteiger charge is -2.37. The number of benzene rings is 4. The van der Waals surface area contributed by atoms with Crippen molar-refractivity contribution in [1.82, 2.24) is 0 Å². The van der Waals surface area contributed by atoms with Crippen molar-refractivity contribution in [2.24, 2.45) is 5.92 Å². The molecule has 1 amide bonds. The number of rotatable bonds is 4. The molecule has 0 radical (unpaired) electrons. The molecular weight excluding hydrogens is 596 g/mol. The standard InChI is InChI=1S/C34H23BrN2O5/c35-22-13-9-20(10-14-22)31(39)32-34(23-6-2-3-7-24(23)36-33(34)40)29(26-15-11-19-5-1-4-8-25(19)37(26)32)30(38)21-12-16-27-28(17-21)42-18-41-27/h1-17,26,29,32H,18H2,(H,36,40)/t26-,29+,32-,34-/m0/s1. The minimum absolute atomic E-state index is 0.0792. The van der Waals surface area contributed by atoms with Gasteiger partial charge >= 0.3 is 0 Å². The van der Waals surface area contributed by atoms with Crippen molar-refractivity contribution in [2.45, 2.75) is 17.5 Å². The summed E-state index contributed by atoms with van der Waals surface area (Å²) in [5, 5.41) is 3.04. The zero-order chi connectivity index (χ0) is 28.6. The summed E-state index contributed by atoms with van der Waals surface area (Å²) in [6, 6.07) is 25.8. The third-order valence-electron chi connectivity index (χ3n) is 8.86. The normalized spacial score (nSPS) is 24.3. The number of nitrogens with zero attached hydrogens (tertiary/aromatic N) is 1. The first-order valence-corrected chi connectivity index (χ1v) is 14.5. The second-order valence-corrected chi connectivity index (χ2v) is 11.8. The molecule has 42 heavy (non-hydrogen) atoms. The Bertz CT molecular complexity index is 1850. The molecule has 0 saturated carbocycles. The van der Waals surface area contributed by atoms with Crippen LogP contribution in [0.3, 0.4) is 0 Å². The summed E-state index contributed by atoms with van der Waals surface area (Å²) < 4.78 is 11.9. The largest absolute Gasteiger partial charge is 0.454 e. The molecule has 1 fully saturated rings. The van der Waals surface area contributed by atoms with Crippen molar-refractivity contribution in [3.8, 4) is 11.5 Å². The van der Waals surface area contributed by atoms with Crippen molar-refractivity contribution in [1.29, 1.82) is 0 Å². The molecule has 4 aromatic rings. The Morgan fingerprint density at radius 3 is 2.45 bits per heavy atom. The van der Waals surface area contributed by atoms with Crippen LogP contribution in [0.1, 0.15) is 31.8 Å². The van der Waals surface area contributed by atoms with Gasteiger partial charge in [0.25, 0.3) is 0 Å². The summed E-state index contributed by atoms with van der Waals surface area (Å²) in [7, 11) is 0. The fourth-order valence-corrected chi connectivity index (χ4v) is 7.40. The van der Waals surface area contributed by atoms with E-state index < -0.39 is 23.4 Å². The van der Waals surface area contributed by atoms with E-state index in [1.165, 1.54) is 0 Å². The maximum atomic E-state index is 14.8. The molecule has 0 aliphatic carbocycles. The summed E-state index contributed by atoms with van der Waals surface area (Å²) in [5.41, 5.74) is 2.31. The average Bonchev–Trinajstić information content (AvgIpc) is 3.69. The molecule has 4 atom stereocenters. The van der Waals surface area contributed by atoms with Gasteiger partial charge in [-0.1, -0.05) is 76.6 Å². The van der Waals surface area contributed by atoms with E-state index in [0.29, 0.717) is 33.9 Å². The molecule has 1 N–H and O–H groups in total. The zero-order valence-electron chi connectivity index (χ0n) is 22.1. The van der Waals surface area contributed by atoms with Gasteiger partial charge in [-0.25, -0.2) is 0 Å². The highest BCUT2D eigenvalue weighted by Crippen LogP contribution is 2.58. The summed E-state index contributed by atoms with van der Waals surface area (Å²) in [5.74, 6) is -0.717. The number of anilines is 2. The van der Waals surface area contributed by atoms with Crippen molar-refractivity contribution in [2.75, 3.05) is 17.0 Å². The Morgan fingerprint density at radius 1 is 0.857 bits per heavy atom. The third-order valence-corrected chi connectivity index (χ3v) is 9.39. The van der Waals surface area contributed by atoms with Crippen LogP contribution >= 0.6 is 15.9 Å². The average molecular weight is 619 g/mol. The van der Waals surface area contributed by atoms with E-state index in [1.54, 1.807) is 30.3 Å². The summed E-state index contributed by atoms with van der Waals surface area (Å²) in [6.07, 6.45) is 3.94. The molecular formula is C34H23BrN2O5. The topological polar surface area (TPSA) is 84.9 Å². The Kier molecular flexibility index (Phi) is 5.46. The van der Waals surface area contributed by atoms with Gasteiger partial charge in [-0.15, -0.1) is 0 Å². The number of ketones is 2. The number of para-hydroxylation sites is 2. The van der Waals surface area contributed by atoms with Gasteiger partial charge in [0.1, 0.15) is 11.5 Å². The van der Waals surface area contributed by atoms with Gasteiger partial charge in [0.15, 0.2) is 23.1 Å². The van der Waals surface area contributed by atoms with Crippen LogP contribution in [0.2, 0.25) is 0 Å². The predicted octanol–water partition coefficient (Wildman–Crippen LogP) is 6.03. The number of nitrogens with one attached hydrogen (secondary N) is 1. The molecule has 4 heterocycles. The van der Waals surface area contributed by atoms with Gasteiger partial charge in [-0.3, -0.25) is 14.4 Å². The number of carbonyl (C=O) groups is 3. The highest BCUT2D eigenvalue weighted by atomic mass is 79.9. The summed E-state index contributed by atoms with van der Waals surface area (Å²) in [4.78, 5) is 46.1. The Morgan fingerprint density at radius 2 is 1.60 bits per heavy atom. The predicted molar refractivity (Wildman–Crippen MR) is 161 cm³/mol. The Balaban J connectivity index is 1.41. The van der Waals surface area contributed by atoms with Crippen LogP contribution in [0, 0.1) is 5.92 Å². The Labute approximate surface area is 249 Å². The van der Waals surface area contributed by atoms with Crippen molar-refractivity contribution < 1.29 is 23.9 Å². The highest BCUT2D eigenvalue weighted by Gasteiger charge is 2.71. The number of ether oxygens (including phenoxy) is 2. The smallest absolute Gasteiger partial charge is 0.238 e. The first-order valence-electron chi connectivity index (χ1n) is 13.7. The first kappa shape index (κ1) is 25.1. The lowest BCUT2D eigenvalue weighted by atomic mass is 9.63. The van der Waals surface area contributed by atoms with Crippen LogP contribution in [0.4, 0.5) is 11.4 Å². The molecule has 1 saturated heterocycles. The van der Waals surface area contributed by atoms with E-state index in [1.807, 2.05) is 77.7 Å². The number of amides is 1. The quantitative estimate of drug-likeness (QED) is 0.281. The first-order chi connectivity index (χ1) is 20.5. The molecule has 0 unspecified atom stereocenters. The molecule has 8 heteroatoms. The van der Waals surface area contributed by atoms with Crippen LogP contribution < -0.4 is 19.7 Å². The maximum absolute atomic E-state index is 14.8. The van der Waals surface area contributed by atoms with Crippen LogP contribution in [0.25, 0.3) is 6.08 Å². The molecule has 8 rings (SSSR count). The second kappa shape index (κ2) is 9.16. The van der Waals surface area contributed by atoms with Gasteiger partial charge in [-0.05, 0) is 53.6 Å². The summed E-state index contributed by atoms with van der Waals surface area (Å²) in [6.45, 7) is 0.0792. The van der Waals surface area contributed by atoms with E-state index in [0.717, 1.165) is 15.7 Å². The third kappa shape index (κ3) is 3.35. The lowest BCUT2D eigenvalue weighted by molar-refractivity contribution is -0.121.